The van der Waals surface area contributed by atoms with E-state index in [9.17, 15) is 0 Å². The largest absolute Gasteiger partial charge is 0.490 e. The highest BCUT2D eigenvalue weighted by Crippen LogP contribution is 2.08. The summed E-state index contributed by atoms with van der Waals surface area (Å²) in [7, 11) is -1.56. The van der Waals surface area contributed by atoms with Gasteiger partial charge in [0.25, 0.3) is 0 Å². The molecule has 2 heterocycles. The molecule has 94 valence electrons. The van der Waals surface area contributed by atoms with Gasteiger partial charge < -0.3 is 14.8 Å². The molecule has 2 aromatic rings. The summed E-state index contributed by atoms with van der Waals surface area (Å²) < 4.78 is 7.20. The molecule has 0 bridgehead atoms. The van der Waals surface area contributed by atoms with Crippen LogP contribution in [0, 0.1) is 0 Å². The van der Waals surface area contributed by atoms with Crippen molar-refractivity contribution in [3.63, 3.8) is 0 Å². The molecule has 0 saturated heterocycles. The normalized spacial score (nSPS) is 10.4. The molecule has 0 aliphatic carbocycles. The molecule has 0 fully saturated rings. The molecule has 2 aromatic heterocycles. The third-order valence-corrected chi connectivity index (χ3v) is 2.40. The summed E-state index contributed by atoms with van der Waals surface area (Å²) in [6.45, 7) is 2.93. The predicted octanol–water partition coefficient (Wildman–Crippen LogP) is -1.05. The number of hydrogen-bond donors (Lipinski definition) is 2. The van der Waals surface area contributed by atoms with E-state index >= 15 is 0 Å². The van der Waals surface area contributed by atoms with Gasteiger partial charge in [-0.2, -0.15) is 5.10 Å². The van der Waals surface area contributed by atoms with Crippen molar-refractivity contribution < 1.29 is 14.8 Å². The second-order valence-corrected chi connectivity index (χ2v) is 3.61. The quantitative estimate of drug-likeness (QED) is 0.656. The minimum atomic E-state index is -1.56. The van der Waals surface area contributed by atoms with E-state index in [1.54, 1.807) is 4.68 Å². The molecule has 0 saturated carbocycles. The van der Waals surface area contributed by atoms with Crippen LogP contribution in [0.4, 0.5) is 0 Å². The van der Waals surface area contributed by atoms with E-state index in [1.807, 2.05) is 6.92 Å². The number of ether oxygens (including phenoxy) is 1. The van der Waals surface area contributed by atoms with Gasteiger partial charge in [0.05, 0.1) is 6.20 Å². The molecule has 0 atom stereocenters. The van der Waals surface area contributed by atoms with Crippen LogP contribution in [0.15, 0.2) is 24.8 Å². The maximum atomic E-state index is 9.02. The maximum absolute atomic E-state index is 9.02. The number of rotatable bonds is 5. The Balaban J connectivity index is 2.04. The Hall–Kier alpha value is -1.93. The van der Waals surface area contributed by atoms with Crippen molar-refractivity contribution in [3.8, 4) is 5.75 Å². The third kappa shape index (κ3) is 2.85. The van der Waals surface area contributed by atoms with Gasteiger partial charge in [-0.15, -0.1) is 0 Å². The summed E-state index contributed by atoms with van der Waals surface area (Å²) in [6.07, 6.45) is 4.33. The fourth-order valence-corrected chi connectivity index (χ4v) is 1.47. The summed E-state index contributed by atoms with van der Waals surface area (Å²) in [5.41, 5.74) is 0.282. The molecule has 8 heteroatoms. The van der Waals surface area contributed by atoms with Gasteiger partial charge in [0.1, 0.15) is 18.7 Å². The Labute approximate surface area is 104 Å². The highest BCUT2D eigenvalue weighted by Gasteiger charge is 2.12. The maximum Gasteiger partial charge on any atom is 0.490 e. The third-order valence-electron chi connectivity index (χ3n) is 2.40. The highest BCUT2D eigenvalue weighted by molar-refractivity contribution is 6.58. The van der Waals surface area contributed by atoms with Crippen molar-refractivity contribution in [2.45, 2.75) is 20.1 Å². The van der Waals surface area contributed by atoms with Gasteiger partial charge in [-0.3, -0.25) is 4.98 Å². The van der Waals surface area contributed by atoms with Gasteiger partial charge in [-0.1, -0.05) is 0 Å². The van der Waals surface area contributed by atoms with Gasteiger partial charge in [0, 0.05) is 18.2 Å². The predicted molar refractivity (Wildman–Crippen MR) is 64.1 cm³/mol. The molecular weight excluding hydrogens is 235 g/mol. The summed E-state index contributed by atoms with van der Waals surface area (Å²) >= 11 is 0. The Kier molecular flexibility index (Phi) is 3.90. The van der Waals surface area contributed by atoms with Crippen LogP contribution < -0.4 is 10.2 Å². The first kappa shape index (κ1) is 12.5. The number of aromatic nitrogens is 4. The molecule has 0 aliphatic rings. The lowest BCUT2D eigenvalue weighted by Crippen LogP contribution is -2.30. The fraction of sp³-hybridized carbons (Fsp3) is 0.300. The van der Waals surface area contributed by atoms with Crippen molar-refractivity contribution >= 4 is 12.6 Å². The van der Waals surface area contributed by atoms with E-state index in [1.165, 1.54) is 24.8 Å². The number of aryl methyl sites for hydroxylation is 1. The summed E-state index contributed by atoms with van der Waals surface area (Å²) in [5, 5.41) is 22.1. The van der Waals surface area contributed by atoms with Crippen molar-refractivity contribution in [1.29, 1.82) is 0 Å². The van der Waals surface area contributed by atoms with E-state index in [-0.39, 0.29) is 12.1 Å². The summed E-state index contributed by atoms with van der Waals surface area (Å²) in [6, 6.07) is 1.52. The van der Waals surface area contributed by atoms with Crippen LogP contribution in [0.1, 0.15) is 12.7 Å². The van der Waals surface area contributed by atoms with E-state index in [2.05, 4.69) is 15.1 Å². The zero-order valence-corrected chi connectivity index (χ0v) is 9.89. The van der Waals surface area contributed by atoms with Crippen molar-refractivity contribution in [2.75, 3.05) is 0 Å². The molecule has 0 spiro atoms. The smallest absolute Gasteiger partial charge is 0.484 e. The molecule has 0 aliphatic heterocycles. The van der Waals surface area contributed by atoms with Gasteiger partial charge in [-0.05, 0) is 13.0 Å². The Morgan fingerprint density at radius 3 is 2.94 bits per heavy atom. The van der Waals surface area contributed by atoms with Crippen LogP contribution in [0.3, 0.4) is 0 Å². The molecule has 0 radical (unpaired) electrons. The van der Waals surface area contributed by atoms with E-state index < -0.39 is 7.12 Å². The van der Waals surface area contributed by atoms with Gasteiger partial charge in [-0.25, -0.2) is 9.67 Å². The van der Waals surface area contributed by atoms with E-state index in [4.69, 9.17) is 14.8 Å². The molecule has 2 rings (SSSR count). The Bertz CT molecular complexity index is 517. The SMILES string of the molecule is CCn1ncnc1COc1cncc(B(O)O)c1. The van der Waals surface area contributed by atoms with Crippen molar-refractivity contribution in [1.82, 2.24) is 19.7 Å². The van der Waals surface area contributed by atoms with Crippen molar-refractivity contribution in [2.24, 2.45) is 0 Å². The van der Waals surface area contributed by atoms with Crippen LogP contribution in [0.5, 0.6) is 5.75 Å². The molecule has 0 aromatic carbocycles. The van der Waals surface area contributed by atoms with Crippen LogP contribution in [-0.4, -0.2) is 36.9 Å². The second-order valence-electron chi connectivity index (χ2n) is 3.61. The minimum absolute atomic E-state index is 0.250. The average molecular weight is 248 g/mol. The topological polar surface area (TPSA) is 93.3 Å². The number of pyridine rings is 1. The van der Waals surface area contributed by atoms with Crippen LogP contribution in [0.25, 0.3) is 0 Å². The lowest BCUT2D eigenvalue weighted by atomic mass is 9.82. The molecule has 0 unspecified atom stereocenters. The van der Waals surface area contributed by atoms with Crippen molar-refractivity contribution in [3.05, 3.63) is 30.6 Å². The zero-order chi connectivity index (χ0) is 13.0. The second kappa shape index (κ2) is 5.61. The molecular formula is C10H13BN4O3. The van der Waals surface area contributed by atoms with Crippen LogP contribution in [-0.2, 0) is 13.2 Å². The molecule has 18 heavy (non-hydrogen) atoms. The fourth-order valence-electron chi connectivity index (χ4n) is 1.47. The lowest BCUT2D eigenvalue weighted by molar-refractivity contribution is 0.286. The minimum Gasteiger partial charge on any atom is -0.484 e. The summed E-state index contributed by atoms with van der Waals surface area (Å²) in [5.74, 6) is 1.15. The van der Waals surface area contributed by atoms with E-state index in [0.717, 1.165) is 0 Å². The first-order valence-corrected chi connectivity index (χ1v) is 5.51. The monoisotopic (exact) mass is 248 g/mol. The van der Waals surface area contributed by atoms with Gasteiger partial charge in [0.2, 0.25) is 0 Å². The standard InChI is InChI=1S/C10H13BN4O3/c1-2-15-10(13-7-14-15)6-18-9-3-8(11(16)17)4-12-5-9/h3-5,7,16-17H,2,6H2,1H3. The zero-order valence-electron chi connectivity index (χ0n) is 9.89. The molecule has 7 nitrogen and oxygen atoms in total. The lowest BCUT2D eigenvalue weighted by Gasteiger charge is -2.07. The first-order valence-electron chi connectivity index (χ1n) is 5.51. The molecule has 2 N–H and O–H groups in total. The Morgan fingerprint density at radius 2 is 2.22 bits per heavy atom. The van der Waals surface area contributed by atoms with Gasteiger partial charge >= 0.3 is 7.12 Å². The average Bonchev–Trinajstić information content (AvgIpc) is 2.84. The van der Waals surface area contributed by atoms with E-state index in [0.29, 0.717) is 18.1 Å². The number of hydrogen-bond acceptors (Lipinski definition) is 6. The highest BCUT2D eigenvalue weighted by atomic mass is 16.5. The Morgan fingerprint density at radius 1 is 1.39 bits per heavy atom. The van der Waals surface area contributed by atoms with Crippen LogP contribution >= 0.6 is 0 Å². The summed E-state index contributed by atoms with van der Waals surface area (Å²) in [4.78, 5) is 7.93. The van der Waals surface area contributed by atoms with Crippen LogP contribution in [0.2, 0.25) is 0 Å². The first-order chi connectivity index (χ1) is 8.70. The number of nitrogens with zero attached hydrogens (tertiary/aromatic N) is 4. The molecule has 0 amide bonds. The van der Waals surface area contributed by atoms with Gasteiger partial charge in [0.15, 0.2) is 5.82 Å².